The number of nitrogens with one attached hydrogen (secondary N) is 1. The molecule has 1 aromatic heterocycles. The molecule has 0 aliphatic carbocycles. The quantitative estimate of drug-likeness (QED) is 0.811. The van der Waals surface area contributed by atoms with Crippen molar-refractivity contribution in [1.29, 1.82) is 0 Å². The van der Waals surface area contributed by atoms with E-state index in [-0.39, 0.29) is 11.5 Å². The third-order valence-corrected chi connectivity index (χ3v) is 2.63. The van der Waals surface area contributed by atoms with Gasteiger partial charge in [0.1, 0.15) is 0 Å². The molecule has 1 aromatic rings. The third kappa shape index (κ3) is 4.93. The average molecular weight is 247 g/mol. The Bertz CT molecular complexity index is 415. The molecule has 0 saturated carbocycles. The van der Waals surface area contributed by atoms with Crippen molar-refractivity contribution in [2.75, 3.05) is 6.54 Å². The van der Waals surface area contributed by atoms with Gasteiger partial charge in [-0.2, -0.15) is 5.10 Å². The van der Waals surface area contributed by atoms with Crippen LogP contribution in [0.2, 0.25) is 0 Å². The molecular formula is C15H25N3. The van der Waals surface area contributed by atoms with Crippen molar-refractivity contribution in [3.8, 4) is 11.8 Å². The van der Waals surface area contributed by atoms with E-state index in [1.54, 1.807) is 0 Å². The zero-order chi connectivity index (χ0) is 13.6. The molecule has 0 amide bonds. The minimum absolute atomic E-state index is 0.0712. The molecule has 3 nitrogen and oxygen atoms in total. The number of rotatable bonds is 5. The van der Waals surface area contributed by atoms with Crippen molar-refractivity contribution < 1.29 is 0 Å². The lowest BCUT2D eigenvalue weighted by Crippen LogP contribution is -2.24. The lowest BCUT2D eigenvalue weighted by atomic mass is 9.97. The second-order valence-corrected chi connectivity index (χ2v) is 5.64. The van der Waals surface area contributed by atoms with Crippen LogP contribution in [0.25, 0.3) is 0 Å². The van der Waals surface area contributed by atoms with E-state index < -0.39 is 0 Å². The number of hydrogen-bond acceptors (Lipinski definition) is 2. The Labute approximate surface area is 111 Å². The van der Waals surface area contributed by atoms with Gasteiger partial charge in [-0.15, -0.1) is 5.92 Å². The highest BCUT2D eigenvalue weighted by atomic mass is 15.3. The summed E-state index contributed by atoms with van der Waals surface area (Å²) in [6.45, 7) is 9.59. The minimum atomic E-state index is 0.0712. The highest BCUT2D eigenvalue weighted by Gasteiger charge is 2.13. The molecular weight excluding hydrogens is 222 g/mol. The summed E-state index contributed by atoms with van der Waals surface area (Å²) in [6, 6.07) is 2.33. The van der Waals surface area contributed by atoms with Crippen LogP contribution in [0.15, 0.2) is 12.3 Å². The summed E-state index contributed by atoms with van der Waals surface area (Å²) in [5, 5.41) is 7.77. The van der Waals surface area contributed by atoms with Crippen LogP contribution < -0.4 is 5.32 Å². The van der Waals surface area contributed by atoms with Gasteiger partial charge in [0.05, 0.1) is 11.7 Å². The average Bonchev–Trinajstić information content (AvgIpc) is 2.68. The molecule has 0 radical (unpaired) electrons. The second kappa shape index (κ2) is 6.61. The number of aryl methyl sites for hydroxylation is 1. The molecule has 0 aromatic carbocycles. The maximum Gasteiger partial charge on any atom is 0.0602 e. The summed E-state index contributed by atoms with van der Waals surface area (Å²) >= 11 is 0. The lowest BCUT2D eigenvalue weighted by molar-refractivity contribution is 0.503. The maximum atomic E-state index is 4.23. The first-order valence-electron chi connectivity index (χ1n) is 6.65. The fraction of sp³-hybridized carbons (Fsp3) is 0.667. The maximum absolute atomic E-state index is 4.23. The molecule has 1 rings (SSSR count). The van der Waals surface area contributed by atoms with Gasteiger partial charge in [-0.3, -0.25) is 4.68 Å². The molecule has 3 heteroatoms. The summed E-state index contributed by atoms with van der Waals surface area (Å²) < 4.78 is 1.92. The van der Waals surface area contributed by atoms with Gasteiger partial charge in [0.2, 0.25) is 0 Å². The Morgan fingerprint density at radius 2 is 2.17 bits per heavy atom. The lowest BCUT2D eigenvalue weighted by Gasteiger charge is -2.16. The SMILES string of the molecule is CCCNC(CC#CC(C)(C)C)c1ccnn1C. The molecule has 1 heterocycles. The zero-order valence-electron chi connectivity index (χ0n) is 12.2. The molecule has 0 spiro atoms. The Balaban J connectivity index is 2.73. The molecule has 18 heavy (non-hydrogen) atoms. The number of aromatic nitrogens is 2. The topological polar surface area (TPSA) is 29.9 Å². The van der Waals surface area contributed by atoms with E-state index in [1.165, 1.54) is 5.69 Å². The molecule has 100 valence electrons. The van der Waals surface area contributed by atoms with Crippen LogP contribution in [-0.4, -0.2) is 16.3 Å². The van der Waals surface area contributed by atoms with Crippen LogP contribution in [0.1, 0.15) is 52.3 Å². The van der Waals surface area contributed by atoms with E-state index in [9.17, 15) is 0 Å². The van der Waals surface area contributed by atoms with Crippen LogP contribution in [0, 0.1) is 17.3 Å². The summed E-state index contributed by atoms with van der Waals surface area (Å²) in [7, 11) is 1.98. The van der Waals surface area contributed by atoms with Gasteiger partial charge in [-0.25, -0.2) is 0 Å². The van der Waals surface area contributed by atoms with Crippen molar-refractivity contribution >= 4 is 0 Å². The predicted octanol–water partition coefficient (Wildman–Crippen LogP) is 2.90. The van der Waals surface area contributed by atoms with Gasteiger partial charge in [0.25, 0.3) is 0 Å². The van der Waals surface area contributed by atoms with Gasteiger partial charge >= 0.3 is 0 Å². The Kier molecular flexibility index (Phi) is 5.43. The molecule has 1 atom stereocenters. The van der Waals surface area contributed by atoms with Crippen molar-refractivity contribution in [1.82, 2.24) is 15.1 Å². The molecule has 0 fully saturated rings. The standard InChI is InChI=1S/C15H25N3/c1-6-11-16-13(8-7-10-15(2,3)4)14-9-12-17-18(14)5/h9,12-13,16H,6,8,11H2,1-5H3. The van der Waals surface area contributed by atoms with Gasteiger partial charge in [-0.1, -0.05) is 12.8 Å². The van der Waals surface area contributed by atoms with Crippen LogP contribution >= 0.6 is 0 Å². The molecule has 1 unspecified atom stereocenters. The van der Waals surface area contributed by atoms with Gasteiger partial charge < -0.3 is 5.32 Å². The first kappa shape index (κ1) is 14.8. The van der Waals surface area contributed by atoms with Gasteiger partial charge in [0.15, 0.2) is 0 Å². The van der Waals surface area contributed by atoms with Crippen LogP contribution in [-0.2, 0) is 7.05 Å². The highest BCUT2D eigenvalue weighted by molar-refractivity contribution is 5.14. The van der Waals surface area contributed by atoms with Gasteiger partial charge in [0, 0.05) is 25.1 Å². The van der Waals surface area contributed by atoms with E-state index in [0.717, 1.165) is 19.4 Å². The molecule has 0 saturated heterocycles. The predicted molar refractivity (Wildman–Crippen MR) is 76.1 cm³/mol. The Morgan fingerprint density at radius 3 is 2.67 bits per heavy atom. The summed E-state index contributed by atoms with van der Waals surface area (Å²) in [5.74, 6) is 6.59. The van der Waals surface area contributed by atoms with Crippen molar-refractivity contribution in [3.05, 3.63) is 18.0 Å². The number of hydrogen-bond donors (Lipinski definition) is 1. The van der Waals surface area contributed by atoms with Crippen LogP contribution in [0.5, 0.6) is 0 Å². The smallest absolute Gasteiger partial charge is 0.0602 e. The molecule has 0 aliphatic rings. The van der Waals surface area contributed by atoms with E-state index in [2.05, 4.69) is 56.0 Å². The fourth-order valence-electron chi connectivity index (χ4n) is 1.74. The number of nitrogens with zero attached hydrogens (tertiary/aromatic N) is 2. The molecule has 0 aliphatic heterocycles. The molecule has 1 N–H and O–H groups in total. The monoisotopic (exact) mass is 247 g/mol. The van der Waals surface area contributed by atoms with Gasteiger partial charge in [-0.05, 0) is 39.8 Å². The van der Waals surface area contributed by atoms with Crippen molar-refractivity contribution in [2.24, 2.45) is 12.5 Å². The fourth-order valence-corrected chi connectivity index (χ4v) is 1.74. The first-order chi connectivity index (χ1) is 8.44. The summed E-state index contributed by atoms with van der Waals surface area (Å²) in [6.07, 6.45) is 3.80. The largest absolute Gasteiger partial charge is 0.308 e. The van der Waals surface area contributed by atoms with E-state index in [1.807, 2.05) is 17.9 Å². The normalized spacial score (nSPS) is 12.9. The van der Waals surface area contributed by atoms with Crippen LogP contribution in [0.3, 0.4) is 0 Å². The van der Waals surface area contributed by atoms with Crippen LogP contribution in [0.4, 0.5) is 0 Å². The van der Waals surface area contributed by atoms with E-state index in [4.69, 9.17) is 0 Å². The first-order valence-corrected chi connectivity index (χ1v) is 6.65. The van der Waals surface area contributed by atoms with E-state index in [0.29, 0.717) is 0 Å². The third-order valence-electron chi connectivity index (χ3n) is 2.63. The second-order valence-electron chi connectivity index (χ2n) is 5.64. The van der Waals surface area contributed by atoms with Crippen molar-refractivity contribution in [2.45, 2.75) is 46.6 Å². The Morgan fingerprint density at radius 1 is 1.44 bits per heavy atom. The zero-order valence-corrected chi connectivity index (χ0v) is 12.2. The van der Waals surface area contributed by atoms with E-state index >= 15 is 0 Å². The summed E-state index contributed by atoms with van der Waals surface area (Å²) in [4.78, 5) is 0. The Hall–Kier alpha value is -1.27. The minimum Gasteiger partial charge on any atom is -0.308 e. The highest BCUT2D eigenvalue weighted by Crippen LogP contribution is 2.16. The molecule has 0 bridgehead atoms. The summed E-state index contributed by atoms with van der Waals surface area (Å²) in [5.41, 5.74) is 1.27. The van der Waals surface area contributed by atoms with Crippen molar-refractivity contribution in [3.63, 3.8) is 0 Å².